The van der Waals surface area contributed by atoms with Crippen molar-refractivity contribution >= 4 is 34.2 Å². The van der Waals surface area contributed by atoms with Gasteiger partial charge in [-0.1, -0.05) is 31.5 Å². The zero-order chi connectivity index (χ0) is 36.3. The third-order valence-corrected chi connectivity index (χ3v) is 11.3. The highest BCUT2D eigenvalue weighted by Crippen LogP contribution is 2.34. The maximum atomic E-state index is 13.8. The van der Waals surface area contributed by atoms with Gasteiger partial charge in [0, 0.05) is 61.3 Å². The number of nitrogens with zero attached hydrogens (tertiary/aromatic N) is 3. The normalized spacial score (nSPS) is 15.4. The molecule has 10 heteroatoms. The number of fused-ring (bicyclic) bond motifs is 1. The first-order chi connectivity index (χ1) is 25.4. The lowest BCUT2D eigenvalue weighted by Gasteiger charge is -2.31. The van der Waals surface area contributed by atoms with E-state index in [4.69, 9.17) is 14.2 Å². The minimum absolute atomic E-state index is 0.124. The Bertz CT molecular complexity index is 1830. The highest BCUT2D eigenvalue weighted by atomic mass is 32.2. The summed E-state index contributed by atoms with van der Waals surface area (Å²) < 4.78 is 32.4. The summed E-state index contributed by atoms with van der Waals surface area (Å²) in [6, 6.07) is 22.1. The molecule has 0 spiro atoms. The van der Waals surface area contributed by atoms with E-state index in [9.17, 15) is 9.00 Å². The second-order valence-corrected chi connectivity index (χ2v) is 15.0. The molecule has 0 radical (unpaired) electrons. The summed E-state index contributed by atoms with van der Waals surface area (Å²) in [4.78, 5) is 21.4. The molecule has 3 aromatic carbocycles. The van der Waals surface area contributed by atoms with E-state index in [-0.39, 0.29) is 5.91 Å². The van der Waals surface area contributed by atoms with Crippen LogP contribution < -0.4 is 15.0 Å². The topological polar surface area (TPSA) is 94.9 Å². The molecule has 1 fully saturated rings. The monoisotopic (exact) mass is 724 g/mol. The van der Waals surface area contributed by atoms with Crippen LogP contribution in [0.5, 0.6) is 5.75 Å². The van der Waals surface area contributed by atoms with Crippen LogP contribution >= 0.6 is 0 Å². The molecule has 2 aliphatic heterocycles. The molecular weight excluding hydrogens is 673 g/mol. The Morgan fingerprint density at radius 3 is 2.50 bits per heavy atom. The Morgan fingerprint density at radius 1 is 0.981 bits per heavy atom. The average molecular weight is 725 g/mol. The predicted molar refractivity (Wildman–Crippen MR) is 209 cm³/mol. The minimum atomic E-state index is -1.23. The quantitative estimate of drug-likeness (QED) is 0.117. The molecule has 1 unspecified atom stereocenters. The number of hydrogen-bond donors (Lipinski definition) is 1. The first kappa shape index (κ1) is 37.5. The number of carbonyl (C=O) groups excluding carboxylic acids is 1. The van der Waals surface area contributed by atoms with Gasteiger partial charge in [0.2, 0.25) is 0 Å². The predicted octanol–water partition coefficient (Wildman–Crippen LogP) is 8.04. The first-order valence-corrected chi connectivity index (χ1v) is 20.0. The van der Waals surface area contributed by atoms with Gasteiger partial charge < -0.3 is 29.0 Å². The second-order valence-electron chi connectivity index (χ2n) is 13.6. The summed E-state index contributed by atoms with van der Waals surface area (Å²) in [7, 11) is -1.23. The Morgan fingerprint density at radius 2 is 1.75 bits per heavy atom. The van der Waals surface area contributed by atoms with Crippen molar-refractivity contribution in [2.24, 2.45) is 5.92 Å². The van der Waals surface area contributed by atoms with Gasteiger partial charge >= 0.3 is 0 Å². The van der Waals surface area contributed by atoms with Crippen LogP contribution in [-0.2, 0) is 37.4 Å². The fourth-order valence-corrected chi connectivity index (χ4v) is 8.00. The lowest BCUT2D eigenvalue weighted by Crippen LogP contribution is -2.33. The number of unbranched alkanes of at least 4 members (excludes halogenated alkanes) is 1. The van der Waals surface area contributed by atoms with Crippen molar-refractivity contribution in [2.75, 3.05) is 56.3 Å². The van der Waals surface area contributed by atoms with E-state index in [1.807, 2.05) is 47.9 Å². The van der Waals surface area contributed by atoms with E-state index in [2.05, 4.69) is 65.5 Å². The van der Waals surface area contributed by atoms with Gasteiger partial charge in [0.15, 0.2) is 0 Å². The number of ether oxygens (including phenoxy) is 3. The number of imidazole rings is 1. The Hall–Kier alpha value is -4.25. The molecule has 1 N–H and O–H groups in total. The Kier molecular flexibility index (Phi) is 13.3. The van der Waals surface area contributed by atoms with Crippen molar-refractivity contribution in [2.45, 2.75) is 70.1 Å². The van der Waals surface area contributed by atoms with Crippen molar-refractivity contribution in [3.8, 4) is 16.9 Å². The van der Waals surface area contributed by atoms with E-state index >= 15 is 0 Å². The summed E-state index contributed by atoms with van der Waals surface area (Å²) in [5, 5.41) is 3.11. The highest BCUT2D eigenvalue weighted by Gasteiger charge is 2.24. The smallest absolute Gasteiger partial charge is 0.251 e. The summed E-state index contributed by atoms with van der Waals surface area (Å²) in [5.41, 5.74) is 7.63. The third-order valence-electron chi connectivity index (χ3n) is 9.93. The molecule has 4 aromatic rings. The fourth-order valence-electron chi connectivity index (χ4n) is 6.77. The van der Waals surface area contributed by atoms with E-state index < -0.39 is 10.8 Å². The second kappa shape index (κ2) is 18.5. The summed E-state index contributed by atoms with van der Waals surface area (Å²) in [5.74, 6) is 1.64. The summed E-state index contributed by atoms with van der Waals surface area (Å²) >= 11 is 0. The number of carbonyl (C=O) groups is 1. The first-order valence-electron chi connectivity index (χ1n) is 18.7. The van der Waals surface area contributed by atoms with Crippen molar-refractivity contribution in [3.63, 3.8) is 0 Å². The lowest BCUT2D eigenvalue weighted by molar-refractivity contribution is -0.112. The van der Waals surface area contributed by atoms with Gasteiger partial charge in [-0.25, -0.2) is 4.98 Å². The van der Waals surface area contributed by atoms with Crippen molar-refractivity contribution in [3.05, 3.63) is 95.6 Å². The number of hydrogen-bond acceptors (Lipinski definition) is 7. The van der Waals surface area contributed by atoms with Gasteiger partial charge in [0.05, 0.1) is 40.9 Å². The number of nitrogens with one attached hydrogen (secondary N) is 1. The van der Waals surface area contributed by atoms with Crippen LogP contribution in [0.1, 0.15) is 62.9 Å². The average Bonchev–Trinajstić information content (AvgIpc) is 3.42. The SMILES string of the molecule is CCCCOCCOc1ccc(-c2ccc3c(c2)C=C(C(=O)Nc2ccc(S(=O)Cc4c(C)ncn4CC)cc2)CCN3CC2CCOCC2)cc1. The number of anilines is 2. The Balaban J connectivity index is 1.16. The minimum Gasteiger partial charge on any atom is -0.491 e. The van der Waals surface area contributed by atoms with Gasteiger partial charge in [0.25, 0.3) is 5.91 Å². The van der Waals surface area contributed by atoms with Crippen LogP contribution in [0, 0.1) is 12.8 Å². The molecule has 1 amide bonds. The molecule has 0 bridgehead atoms. The molecule has 1 aromatic heterocycles. The lowest BCUT2D eigenvalue weighted by atomic mass is 9.98. The number of rotatable bonds is 16. The molecule has 2 aliphatic rings. The summed E-state index contributed by atoms with van der Waals surface area (Å²) in [6.07, 6.45) is 8.76. The van der Waals surface area contributed by atoms with Crippen LogP contribution in [0.25, 0.3) is 17.2 Å². The molecule has 3 heterocycles. The number of amides is 1. The van der Waals surface area contributed by atoms with Gasteiger partial charge in [-0.3, -0.25) is 9.00 Å². The maximum absolute atomic E-state index is 13.8. The van der Waals surface area contributed by atoms with Crippen LogP contribution in [0.4, 0.5) is 11.4 Å². The molecule has 1 saturated heterocycles. The van der Waals surface area contributed by atoms with Gasteiger partial charge in [0.1, 0.15) is 12.4 Å². The largest absolute Gasteiger partial charge is 0.491 e. The van der Waals surface area contributed by atoms with Gasteiger partial charge in [-0.2, -0.15) is 0 Å². The zero-order valence-electron chi connectivity index (χ0n) is 30.8. The van der Waals surface area contributed by atoms with Crippen molar-refractivity contribution < 1.29 is 23.2 Å². The van der Waals surface area contributed by atoms with Crippen LogP contribution in [0.2, 0.25) is 0 Å². The highest BCUT2D eigenvalue weighted by molar-refractivity contribution is 7.84. The van der Waals surface area contributed by atoms with Crippen molar-refractivity contribution in [1.29, 1.82) is 0 Å². The van der Waals surface area contributed by atoms with E-state index in [1.54, 1.807) is 6.33 Å². The molecule has 276 valence electrons. The third kappa shape index (κ3) is 9.79. The fraction of sp³-hybridized carbons (Fsp3) is 0.429. The molecule has 0 saturated carbocycles. The number of aryl methyl sites for hydroxylation is 2. The number of aromatic nitrogens is 2. The van der Waals surface area contributed by atoms with Gasteiger partial charge in [-0.15, -0.1) is 0 Å². The van der Waals surface area contributed by atoms with Gasteiger partial charge in [-0.05, 0) is 117 Å². The number of benzene rings is 3. The molecular formula is C42H52N4O5S. The standard InChI is InChI=1S/C42H52N4O5S/c1-4-6-21-49-24-25-51-38-12-7-33(8-13-38)34-9-16-40-36(26-34)27-35(17-20-46(40)28-32-18-22-50-23-19-32)42(47)44-37-10-14-39(15-11-37)52(48)29-41-31(3)43-30-45(41)5-2/h7-16,26-27,30,32H,4-6,17-25,28-29H2,1-3H3,(H,44,47). The molecule has 1 atom stereocenters. The summed E-state index contributed by atoms with van der Waals surface area (Å²) in [6.45, 7) is 12.1. The van der Waals surface area contributed by atoms with Crippen LogP contribution in [-0.4, -0.2) is 65.8 Å². The maximum Gasteiger partial charge on any atom is 0.251 e. The molecule has 9 nitrogen and oxygen atoms in total. The molecule has 52 heavy (non-hydrogen) atoms. The van der Waals surface area contributed by atoms with Crippen LogP contribution in [0.3, 0.4) is 0 Å². The van der Waals surface area contributed by atoms with E-state index in [0.29, 0.717) is 37.0 Å². The van der Waals surface area contributed by atoms with E-state index in [0.717, 1.165) is 115 Å². The van der Waals surface area contributed by atoms with Crippen molar-refractivity contribution in [1.82, 2.24) is 9.55 Å². The van der Waals surface area contributed by atoms with E-state index in [1.165, 1.54) is 0 Å². The molecule has 6 rings (SSSR count). The van der Waals surface area contributed by atoms with Crippen LogP contribution in [0.15, 0.2) is 83.5 Å². The zero-order valence-corrected chi connectivity index (χ0v) is 31.6. The Labute approximate surface area is 310 Å². The molecule has 0 aliphatic carbocycles.